The number of halogens is 7. The van der Waals surface area contributed by atoms with Gasteiger partial charge >= 0.3 is 25.8 Å². The van der Waals surface area contributed by atoms with Crippen molar-refractivity contribution in [2.24, 2.45) is 0 Å². The van der Waals surface area contributed by atoms with Gasteiger partial charge in [0.15, 0.2) is 6.29 Å². The lowest BCUT2D eigenvalue weighted by molar-refractivity contribution is -0.231. The first-order chi connectivity index (χ1) is 31.0. The van der Waals surface area contributed by atoms with Crippen molar-refractivity contribution in [2.75, 3.05) is 53.6 Å². The smallest absolute Gasteiger partial charge is 0.394 e. The van der Waals surface area contributed by atoms with Gasteiger partial charge in [-0.2, -0.15) is 26.3 Å². The third-order valence-electron chi connectivity index (χ3n) is 9.67. The molecule has 0 unspecified atom stereocenters. The Morgan fingerprint density at radius 3 is 1.64 bits per heavy atom. The Labute approximate surface area is 376 Å². The van der Waals surface area contributed by atoms with Gasteiger partial charge in [-0.1, -0.05) is 12.1 Å². The van der Waals surface area contributed by atoms with Gasteiger partial charge in [0, 0.05) is 19.6 Å². The number of hydrogen-bond acceptors (Lipinski definition) is 18. The molecule has 0 radical (unpaired) electrons. The number of likely N-dealkylation sites (N-methyl/N-ethyl adjacent to an activating group) is 2. The van der Waals surface area contributed by atoms with Gasteiger partial charge in [-0.3, -0.25) is 9.88 Å². The van der Waals surface area contributed by atoms with Gasteiger partial charge < -0.3 is 81.0 Å². The maximum absolute atomic E-state index is 13.7. The quantitative estimate of drug-likeness (QED) is 0.0442. The number of morpholine rings is 1. The average Bonchev–Trinajstić information content (AvgIpc) is 3.65. The second-order valence-electron chi connectivity index (χ2n) is 14.8. The molecule has 1 aliphatic heterocycles. The number of aromatic nitrogens is 3. The van der Waals surface area contributed by atoms with Crippen molar-refractivity contribution in [2.45, 2.75) is 93.1 Å². The van der Waals surface area contributed by atoms with E-state index in [0.29, 0.717) is 17.7 Å². The van der Waals surface area contributed by atoms with E-state index < -0.39 is 129 Å². The number of nitrogens with one attached hydrogen (secondary N) is 3. The summed E-state index contributed by atoms with van der Waals surface area (Å²) in [5.74, 6) is -0.775. The van der Waals surface area contributed by atoms with Crippen LogP contribution in [-0.2, 0) is 32.9 Å². The van der Waals surface area contributed by atoms with Crippen molar-refractivity contribution in [3.63, 3.8) is 0 Å². The molecule has 22 nitrogen and oxygen atoms in total. The molecule has 2 heterocycles. The normalized spacial score (nSPS) is 20.2. The molecule has 1 saturated heterocycles. The summed E-state index contributed by atoms with van der Waals surface area (Å²) in [5, 5.41) is 98.6. The highest BCUT2D eigenvalue weighted by molar-refractivity contribution is 7.49. The molecule has 1 aromatic heterocycles. The van der Waals surface area contributed by atoms with Crippen LogP contribution in [0.15, 0.2) is 47.3 Å². The number of H-pyrrole nitrogens is 1. The Kier molecular flexibility index (Phi) is 23.5. The number of rotatable bonds is 19. The van der Waals surface area contributed by atoms with Gasteiger partial charge in [0.2, 0.25) is 0 Å². The summed E-state index contributed by atoms with van der Waals surface area (Å²) in [7, 11) is -1.92. The van der Waals surface area contributed by atoms with E-state index in [9.17, 15) is 60.1 Å². The largest absolute Gasteiger partial charge is 0.454 e. The third kappa shape index (κ3) is 18.0. The van der Waals surface area contributed by atoms with Crippen LogP contribution in [0.2, 0.25) is 0 Å². The van der Waals surface area contributed by atoms with Crippen LogP contribution in [0, 0.1) is 5.82 Å². The van der Waals surface area contributed by atoms with Gasteiger partial charge in [-0.25, -0.2) is 13.8 Å². The molecule has 11 atom stereocenters. The fourth-order valence-electron chi connectivity index (χ4n) is 6.09. The minimum atomic E-state index is -5.07. The van der Waals surface area contributed by atoms with E-state index in [1.54, 1.807) is 19.0 Å². The topological polar surface area (TPSA) is 356 Å². The predicted molar refractivity (Wildman–Crippen MR) is 216 cm³/mol. The number of aliphatic hydroxyl groups is 10. The van der Waals surface area contributed by atoms with Crippen molar-refractivity contribution in [3.05, 3.63) is 86.8 Å². The molecular formula is C37H56F7N6O16P. The van der Waals surface area contributed by atoms with Crippen molar-refractivity contribution < 1.29 is 106 Å². The Balaban J connectivity index is 0.000000484. The van der Waals surface area contributed by atoms with Gasteiger partial charge in [-0.05, 0) is 62.5 Å². The number of nitrogens with zero attached hydrogens (tertiary/aromatic N) is 3. The summed E-state index contributed by atoms with van der Waals surface area (Å²) in [5.41, 5.74) is -4.31. The Morgan fingerprint density at radius 2 is 1.25 bits per heavy atom. The summed E-state index contributed by atoms with van der Waals surface area (Å²) in [6, 6.07) is 5.01. The maximum Gasteiger partial charge on any atom is 0.454 e. The first-order valence-corrected chi connectivity index (χ1v) is 21.3. The van der Waals surface area contributed by atoms with E-state index in [-0.39, 0.29) is 49.1 Å². The molecule has 2 aromatic carbocycles. The van der Waals surface area contributed by atoms with E-state index in [2.05, 4.69) is 20.7 Å². The molecule has 0 amide bonds. The van der Waals surface area contributed by atoms with Crippen LogP contribution in [0.25, 0.3) is 0 Å². The molecule has 30 heteroatoms. The fraction of sp³-hybridized carbons (Fsp3) is 0.622. The van der Waals surface area contributed by atoms with Gasteiger partial charge in [0.1, 0.15) is 48.3 Å². The summed E-state index contributed by atoms with van der Waals surface area (Å²) < 4.78 is 117. The summed E-state index contributed by atoms with van der Waals surface area (Å²) >= 11 is 0. The summed E-state index contributed by atoms with van der Waals surface area (Å²) in [6.07, 6.45) is -24.1. The van der Waals surface area contributed by atoms with E-state index in [4.69, 9.17) is 50.3 Å². The summed E-state index contributed by atoms with van der Waals surface area (Å²) in [6.45, 7) is -0.0952. The monoisotopic (exact) mass is 1000 g/mol. The predicted octanol–water partition coefficient (Wildman–Crippen LogP) is -2.35. The Hall–Kier alpha value is -3.56. The zero-order valence-electron chi connectivity index (χ0n) is 35.8. The van der Waals surface area contributed by atoms with Crippen LogP contribution in [0.4, 0.5) is 30.7 Å². The standard InChI is InChI=1S/C23H22F7N4O6P.2C7H17NO5/c1-12(14-8-15(22(25,26)27)10-16(9-14)23(28,29)30)40-20-19(13-2-4-17(24)5-3-13)33(6-7-39-20)11-18-31-21(35)34(32-18)41(36,37)38;2*1-8-2-4(10)6(12)7(13)5(11)3-9/h2-5,8-10,12,19-20H,6-7,11H2,1H3,(H,31,32,35)(H2,36,37,38);2*4-13H,2-3H2,1H3/t12-,19+,20+;2*4-,5+,6+,7+/m100/s1. The number of aromatic amines is 1. The molecule has 0 aliphatic carbocycles. The molecular weight excluding hydrogens is 948 g/mol. The Bertz CT molecular complexity index is 1970. The molecule has 1 fully saturated rings. The van der Waals surface area contributed by atoms with E-state index in [1.165, 1.54) is 19.1 Å². The SMILES string of the molecule is CNC[C@H](O)[C@@H](O)[C@H](O)[C@H](O)CO.CNC[C@H](O)[C@@H](O)[C@H](O)[C@H](O)CO.C[C@@H](O[C@@H]1OCCN(Cc2nn(P(=O)(O)O)c(=O)[nH]2)[C@H]1c1ccc(F)cc1)c1cc(C(F)(F)F)cc(C(F)(F)F)c1. The van der Waals surface area contributed by atoms with Crippen LogP contribution in [0.3, 0.4) is 0 Å². The second kappa shape index (κ2) is 26.4. The molecule has 67 heavy (non-hydrogen) atoms. The number of alkyl halides is 6. The molecule has 0 saturated carbocycles. The lowest BCUT2D eigenvalue weighted by Crippen LogP contribution is -2.48. The molecule has 3 aromatic rings. The molecule has 0 spiro atoms. The van der Waals surface area contributed by atoms with Crippen LogP contribution in [-0.4, -0.2) is 189 Å². The molecule has 15 N–H and O–H groups in total. The minimum Gasteiger partial charge on any atom is -0.394 e. The maximum atomic E-state index is 13.7. The van der Waals surface area contributed by atoms with Crippen molar-refractivity contribution in [1.82, 2.24) is 30.1 Å². The Morgan fingerprint density at radius 1 is 0.806 bits per heavy atom. The second-order valence-corrected chi connectivity index (χ2v) is 16.2. The number of benzene rings is 2. The zero-order chi connectivity index (χ0) is 51.2. The minimum absolute atomic E-state index is 0.00603. The van der Waals surface area contributed by atoms with E-state index in [0.717, 1.165) is 12.1 Å². The van der Waals surface area contributed by atoms with Crippen molar-refractivity contribution >= 4 is 7.75 Å². The molecule has 384 valence electrons. The number of ether oxygens (including phenoxy) is 2. The fourth-order valence-corrected chi connectivity index (χ4v) is 6.60. The molecule has 0 bridgehead atoms. The van der Waals surface area contributed by atoms with Crippen molar-refractivity contribution in [1.29, 1.82) is 0 Å². The first kappa shape index (κ1) is 59.6. The first-order valence-electron chi connectivity index (χ1n) is 19.8. The van der Waals surface area contributed by atoms with Gasteiger partial charge in [0.05, 0.1) is 61.8 Å². The van der Waals surface area contributed by atoms with Crippen molar-refractivity contribution in [3.8, 4) is 0 Å². The van der Waals surface area contributed by atoms with Crippen LogP contribution < -0.4 is 16.3 Å². The third-order valence-corrected chi connectivity index (χ3v) is 10.4. The lowest BCUT2D eigenvalue weighted by Gasteiger charge is -2.41. The summed E-state index contributed by atoms with van der Waals surface area (Å²) in [4.78, 5) is 34.3. The number of hydrogen-bond donors (Lipinski definition) is 15. The zero-order valence-corrected chi connectivity index (χ0v) is 36.7. The molecule has 4 rings (SSSR count). The van der Waals surface area contributed by atoms with Crippen LogP contribution in [0.5, 0.6) is 0 Å². The van der Waals surface area contributed by atoms with Crippen LogP contribution >= 0.6 is 7.75 Å². The highest BCUT2D eigenvalue weighted by atomic mass is 31.2. The van der Waals surface area contributed by atoms with Crippen LogP contribution in [0.1, 0.15) is 47.1 Å². The van der Waals surface area contributed by atoms with Gasteiger partial charge in [0.25, 0.3) is 0 Å². The van der Waals surface area contributed by atoms with E-state index in [1.807, 2.05) is 0 Å². The number of aliphatic hydroxyl groups excluding tert-OH is 10. The van der Waals surface area contributed by atoms with E-state index >= 15 is 0 Å². The average molecular weight is 1000 g/mol. The highest BCUT2D eigenvalue weighted by Crippen LogP contribution is 2.40. The lowest BCUT2D eigenvalue weighted by atomic mass is 10.0. The molecule has 1 aliphatic rings. The van der Waals surface area contributed by atoms with Gasteiger partial charge in [-0.15, -0.1) is 9.55 Å². The highest BCUT2D eigenvalue weighted by Gasteiger charge is 2.40.